The Morgan fingerprint density at radius 2 is 1.14 bits per heavy atom. The third-order valence-corrected chi connectivity index (χ3v) is 11.7. The average Bonchev–Trinajstić information content (AvgIpc) is 3.57. The molecule has 1 aromatic heterocycles. The van der Waals surface area contributed by atoms with E-state index in [1.54, 1.807) is 0 Å². The number of nitrogens with zero attached hydrogens (tertiary/aromatic N) is 2. The Morgan fingerprint density at radius 1 is 0.490 bits per heavy atom. The molecule has 0 atom stereocenters. The lowest BCUT2D eigenvalue weighted by Crippen LogP contribution is -2.59. The maximum atomic E-state index is 6.84. The zero-order chi connectivity index (χ0) is 33.5. The fourth-order valence-electron chi connectivity index (χ4n) is 8.29. The van der Waals surface area contributed by atoms with Crippen molar-refractivity contribution in [1.82, 2.24) is 0 Å². The molecule has 0 spiro atoms. The summed E-state index contributed by atoms with van der Waals surface area (Å²) in [6, 6.07) is 63.3. The van der Waals surface area contributed by atoms with Gasteiger partial charge in [-0.05, 0) is 93.9 Å². The lowest BCUT2D eigenvalue weighted by molar-refractivity contribution is 0.488. The molecule has 3 heterocycles. The minimum Gasteiger partial charge on any atom is -0.458 e. The smallest absolute Gasteiger partial charge is 0.256 e. The summed E-state index contributed by atoms with van der Waals surface area (Å²) in [4.78, 5) is 4.80. The van der Waals surface area contributed by atoms with Crippen LogP contribution < -0.4 is 30.9 Å². The summed E-state index contributed by atoms with van der Waals surface area (Å²) in [6.45, 7) is 0.0759. The van der Waals surface area contributed by atoms with Crippen LogP contribution in [-0.4, -0.2) is 6.71 Å². The summed E-state index contributed by atoms with van der Waals surface area (Å²) in [5.74, 6) is 1.87. The summed E-state index contributed by atoms with van der Waals surface area (Å²) >= 11 is 1.90. The zero-order valence-electron chi connectivity index (χ0n) is 27.5. The fourth-order valence-corrected chi connectivity index (χ4v) is 9.66. The van der Waals surface area contributed by atoms with Crippen molar-refractivity contribution >= 4 is 99.5 Å². The Bertz CT molecular complexity index is 2760. The van der Waals surface area contributed by atoms with E-state index in [1.807, 2.05) is 11.3 Å². The van der Waals surface area contributed by atoms with Crippen molar-refractivity contribution in [3.63, 3.8) is 0 Å². The van der Waals surface area contributed by atoms with Gasteiger partial charge in [0.05, 0.1) is 10.4 Å². The van der Waals surface area contributed by atoms with E-state index < -0.39 is 0 Å². The topological polar surface area (TPSA) is 15.7 Å². The van der Waals surface area contributed by atoms with Gasteiger partial charge >= 0.3 is 0 Å². The molecule has 51 heavy (non-hydrogen) atoms. The lowest BCUT2D eigenvalue weighted by atomic mass is 9.34. The van der Waals surface area contributed by atoms with Crippen LogP contribution in [0.1, 0.15) is 0 Å². The number of hydrogen-bond donors (Lipinski definition) is 0. The number of benzene rings is 8. The summed E-state index contributed by atoms with van der Waals surface area (Å²) in [5.41, 5.74) is 10.7. The Hall–Kier alpha value is -6.30. The summed E-state index contributed by atoms with van der Waals surface area (Å²) in [5, 5.41) is 4.95. The minimum absolute atomic E-state index is 0.0759. The van der Waals surface area contributed by atoms with Gasteiger partial charge < -0.3 is 14.5 Å². The van der Waals surface area contributed by atoms with Crippen molar-refractivity contribution in [3.8, 4) is 11.5 Å². The average molecular weight is 669 g/mol. The summed E-state index contributed by atoms with van der Waals surface area (Å²) in [6.07, 6.45) is 0. The molecule has 2 aliphatic rings. The second-order valence-corrected chi connectivity index (χ2v) is 14.3. The van der Waals surface area contributed by atoms with E-state index in [-0.39, 0.29) is 6.71 Å². The molecule has 9 aromatic rings. The number of hydrogen-bond acceptors (Lipinski definition) is 4. The molecule has 0 radical (unpaired) electrons. The van der Waals surface area contributed by atoms with Crippen molar-refractivity contribution in [2.24, 2.45) is 0 Å². The van der Waals surface area contributed by atoms with Gasteiger partial charge in [0.25, 0.3) is 6.71 Å². The normalized spacial score (nSPS) is 12.8. The Kier molecular flexibility index (Phi) is 6.22. The maximum Gasteiger partial charge on any atom is 0.256 e. The van der Waals surface area contributed by atoms with Gasteiger partial charge in [-0.15, -0.1) is 11.3 Å². The Morgan fingerprint density at radius 3 is 1.90 bits per heavy atom. The van der Waals surface area contributed by atoms with Gasteiger partial charge in [-0.1, -0.05) is 109 Å². The number of ether oxygens (including phenoxy) is 1. The highest BCUT2D eigenvalue weighted by molar-refractivity contribution is 7.27. The number of thiophene rings is 1. The van der Waals surface area contributed by atoms with E-state index in [2.05, 4.69) is 186 Å². The van der Waals surface area contributed by atoms with Gasteiger partial charge in [-0.25, -0.2) is 0 Å². The first-order valence-electron chi connectivity index (χ1n) is 17.4. The first-order chi connectivity index (χ1) is 25.3. The number of anilines is 6. The van der Waals surface area contributed by atoms with Crippen LogP contribution in [-0.2, 0) is 0 Å². The lowest BCUT2D eigenvalue weighted by Gasteiger charge is -2.40. The Balaban J connectivity index is 1.18. The van der Waals surface area contributed by atoms with E-state index in [0.717, 1.165) is 34.2 Å². The highest BCUT2D eigenvalue weighted by Gasteiger charge is 2.43. The van der Waals surface area contributed by atoms with Crippen LogP contribution in [0, 0.1) is 0 Å². The van der Waals surface area contributed by atoms with Crippen LogP contribution in [0.15, 0.2) is 176 Å². The molecule has 0 saturated carbocycles. The fraction of sp³-hybridized carbons (Fsp3) is 0. The van der Waals surface area contributed by atoms with E-state index in [4.69, 9.17) is 4.74 Å². The predicted molar refractivity (Wildman–Crippen MR) is 217 cm³/mol. The van der Waals surface area contributed by atoms with Crippen molar-refractivity contribution in [3.05, 3.63) is 176 Å². The monoisotopic (exact) mass is 668 g/mol. The van der Waals surface area contributed by atoms with Gasteiger partial charge in [-0.3, -0.25) is 0 Å². The highest BCUT2D eigenvalue weighted by Crippen LogP contribution is 2.50. The quantitative estimate of drug-likeness (QED) is 0.174. The minimum atomic E-state index is 0.0759. The van der Waals surface area contributed by atoms with E-state index in [1.165, 1.54) is 58.7 Å². The van der Waals surface area contributed by atoms with Crippen LogP contribution in [0.4, 0.5) is 34.1 Å². The van der Waals surface area contributed by atoms with Crippen molar-refractivity contribution in [1.29, 1.82) is 0 Å². The molecule has 238 valence electrons. The molecule has 8 aromatic carbocycles. The first kappa shape index (κ1) is 28.5. The third kappa shape index (κ3) is 4.25. The van der Waals surface area contributed by atoms with Crippen LogP contribution in [0.25, 0.3) is 30.9 Å². The predicted octanol–water partition coefficient (Wildman–Crippen LogP) is 11.1. The van der Waals surface area contributed by atoms with Crippen LogP contribution in [0.5, 0.6) is 11.5 Å². The molecule has 5 heteroatoms. The van der Waals surface area contributed by atoms with E-state index >= 15 is 0 Å². The van der Waals surface area contributed by atoms with Crippen molar-refractivity contribution in [2.75, 3.05) is 9.80 Å². The van der Waals surface area contributed by atoms with Crippen molar-refractivity contribution < 1.29 is 4.74 Å². The highest BCUT2D eigenvalue weighted by atomic mass is 32.1. The number of para-hydroxylation sites is 5. The van der Waals surface area contributed by atoms with Crippen molar-refractivity contribution in [2.45, 2.75) is 0 Å². The second kappa shape index (κ2) is 11.1. The zero-order valence-corrected chi connectivity index (χ0v) is 28.3. The maximum absolute atomic E-state index is 6.84. The SMILES string of the molecule is c1ccc(N(c2ccccc2)c2ccc3c(ccc4c5cc6c7c(c5sc34)N(c3ccccc3)c3ccccc3B7c3ccccc3O6)c2)cc1. The third-order valence-electron chi connectivity index (χ3n) is 10.5. The van der Waals surface area contributed by atoms with Gasteiger partial charge in [0.15, 0.2) is 0 Å². The van der Waals surface area contributed by atoms with Gasteiger partial charge in [0.2, 0.25) is 0 Å². The molecule has 0 bridgehead atoms. The van der Waals surface area contributed by atoms with Gasteiger partial charge in [0.1, 0.15) is 11.5 Å². The molecule has 0 fully saturated rings. The summed E-state index contributed by atoms with van der Waals surface area (Å²) < 4.78 is 9.41. The van der Waals surface area contributed by atoms with Crippen LogP contribution >= 0.6 is 11.3 Å². The largest absolute Gasteiger partial charge is 0.458 e. The standard InChI is InChI=1S/C46H29BN2OS/c1-4-14-31(15-5-1)48(32-16-6-2-7-17-32)34-25-27-35-30(28-34)24-26-36-37-29-42-43-44(46(37)51-45(35)36)49(33-18-8-3-9-19-33)40-22-12-10-20-38(40)47(43)39-21-11-13-23-41(39)50-42/h1-29H. The molecule has 11 rings (SSSR count). The summed E-state index contributed by atoms with van der Waals surface area (Å²) in [7, 11) is 0. The molecule has 0 amide bonds. The van der Waals surface area contributed by atoms with Crippen LogP contribution in [0.3, 0.4) is 0 Å². The van der Waals surface area contributed by atoms with E-state index in [0.29, 0.717) is 0 Å². The first-order valence-corrected chi connectivity index (χ1v) is 18.2. The van der Waals surface area contributed by atoms with Gasteiger partial charge in [0, 0.05) is 43.9 Å². The number of rotatable bonds is 4. The van der Waals surface area contributed by atoms with Crippen LogP contribution in [0.2, 0.25) is 0 Å². The molecule has 2 aliphatic heterocycles. The Labute approximate surface area is 300 Å². The number of fused-ring (bicyclic) bond motifs is 10. The van der Waals surface area contributed by atoms with E-state index in [9.17, 15) is 0 Å². The van der Waals surface area contributed by atoms with Gasteiger partial charge in [-0.2, -0.15) is 0 Å². The molecule has 0 N–H and O–H groups in total. The second-order valence-electron chi connectivity index (χ2n) is 13.3. The molecular weight excluding hydrogens is 639 g/mol. The molecular formula is C46H29BN2OS. The molecule has 0 saturated heterocycles. The molecule has 3 nitrogen and oxygen atoms in total. The molecule has 0 aliphatic carbocycles. The molecule has 0 unspecified atom stereocenters.